The first-order valence-corrected chi connectivity index (χ1v) is 10.7. The smallest absolute Gasteiger partial charge is 0.434 e. The number of alkyl halides is 12. The van der Waals surface area contributed by atoms with Crippen molar-refractivity contribution in [3.63, 3.8) is 0 Å². The maximum absolute atomic E-state index is 12.8. The van der Waals surface area contributed by atoms with Crippen LogP contribution < -0.4 is 0 Å². The number of hydrogen-bond acceptors (Lipinski definition) is 5. The third kappa shape index (κ3) is 9.07. The second-order valence-corrected chi connectivity index (χ2v) is 9.95. The molecule has 0 aromatic rings. The molecule has 5 nitrogen and oxygen atoms in total. The van der Waals surface area contributed by atoms with Crippen LogP contribution in [0.15, 0.2) is 0 Å². The van der Waals surface area contributed by atoms with Crippen molar-refractivity contribution in [1.82, 2.24) is 0 Å². The van der Waals surface area contributed by atoms with Gasteiger partial charge in [-0.3, -0.25) is 9.59 Å². The number of carbonyl (C=O) groups is 2. The summed E-state index contributed by atoms with van der Waals surface area (Å²) in [5.74, 6) is -2.79. The third-order valence-corrected chi connectivity index (χ3v) is 5.73. The van der Waals surface area contributed by atoms with Gasteiger partial charge in [-0.05, 0) is 54.4 Å². The summed E-state index contributed by atoms with van der Waals surface area (Å²) < 4.78 is 157. The number of rotatable bonds is 7. The summed E-state index contributed by atoms with van der Waals surface area (Å²) in [6.07, 6.45) is -27.3. The van der Waals surface area contributed by atoms with Gasteiger partial charge in [0.05, 0.1) is 10.8 Å². The Hall–Kier alpha value is -1.94. The van der Waals surface area contributed by atoms with Crippen molar-refractivity contribution in [2.45, 2.75) is 110 Å². The molecule has 228 valence electrons. The third-order valence-electron chi connectivity index (χ3n) is 5.73. The van der Waals surface area contributed by atoms with E-state index in [-0.39, 0.29) is 12.8 Å². The molecule has 0 heterocycles. The number of ether oxygens (including phenoxy) is 2. The Morgan fingerprint density at radius 3 is 1.16 bits per heavy atom. The Bertz CT molecular complexity index is 777. The highest BCUT2D eigenvalue weighted by Gasteiger charge is 2.78. The van der Waals surface area contributed by atoms with Gasteiger partial charge in [-0.2, -0.15) is 52.7 Å². The van der Waals surface area contributed by atoms with Gasteiger partial charge in [0.25, 0.3) is 11.7 Å². The molecule has 0 bridgehead atoms. The van der Waals surface area contributed by atoms with E-state index in [1.165, 1.54) is 41.5 Å². The standard InChI is InChI=1S/C12H18F6O3.C9H12F6O2/c1-6-8(2,3)7(19)21-9(4,5)10(20,11(13,14)15)12(16,17)18;1-4-7(2,3)6(16)17-5(8(10,11)12)9(13,14)15/h20H,6H2,1-5H3;5H,4H2,1-3H3. The summed E-state index contributed by atoms with van der Waals surface area (Å²) in [6, 6.07) is 0. The molecule has 0 aromatic heterocycles. The molecule has 0 saturated carbocycles. The van der Waals surface area contributed by atoms with E-state index in [1.807, 2.05) is 0 Å². The van der Waals surface area contributed by atoms with Crippen LogP contribution in [0.4, 0.5) is 52.7 Å². The molecule has 0 atom stereocenters. The Balaban J connectivity index is 0. The molecular formula is C21H30F12O5. The molecular weight excluding hydrogens is 560 g/mol. The van der Waals surface area contributed by atoms with Gasteiger partial charge in [0.1, 0.15) is 0 Å². The molecule has 0 unspecified atom stereocenters. The van der Waals surface area contributed by atoms with E-state index >= 15 is 0 Å². The lowest BCUT2D eigenvalue weighted by molar-refractivity contribution is -0.408. The number of aliphatic hydroxyl groups is 1. The highest BCUT2D eigenvalue weighted by molar-refractivity contribution is 5.76. The molecule has 0 aliphatic carbocycles. The van der Waals surface area contributed by atoms with E-state index in [2.05, 4.69) is 9.47 Å². The average molecular weight is 590 g/mol. The number of esters is 2. The van der Waals surface area contributed by atoms with E-state index < -0.39 is 64.8 Å². The summed E-state index contributed by atoms with van der Waals surface area (Å²) in [7, 11) is 0. The molecule has 0 rings (SSSR count). The molecule has 0 saturated heterocycles. The number of hydrogen-bond donors (Lipinski definition) is 1. The Labute approximate surface area is 210 Å². The molecule has 0 aliphatic heterocycles. The normalized spacial score (nSPS) is 14.6. The fourth-order valence-electron chi connectivity index (χ4n) is 2.16. The number of halogens is 12. The topological polar surface area (TPSA) is 72.8 Å². The van der Waals surface area contributed by atoms with Gasteiger partial charge in [0.15, 0.2) is 5.60 Å². The minimum Gasteiger partial charge on any atom is -0.455 e. The van der Waals surface area contributed by atoms with Crippen LogP contribution in [0.5, 0.6) is 0 Å². The lowest BCUT2D eigenvalue weighted by atomic mass is 9.83. The van der Waals surface area contributed by atoms with Crippen LogP contribution in [0.3, 0.4) is 0 Å². The van der Waals surface area contributed by atoms with Crippen molar-refractivity contribution in [1.29, 1.82) is 0 Å². The SMILES string of the molecule is CCC(C)(C)C(=O)OC(C(F)(F)F)C(F)(F)F.CCC(C)(C)C(=O)OC(C)(C)C(O)(C(F)(F)F)C(F)(F)F. The van der Waals surface area contributed by atoms with Crippen LogP contribution >= 0.6 is 0 Å². The zero-order valence-corrected chi connectivity index (χ0v) is 21.6. The Kier molecular flexibility index (Phi) is 11.7. The summed E-state index contributed by atoms with van der Waals surface area (Å²) in [5.41, 5.74) is -11.1. The fraction of sp³-hybridized carbons (Fsp3) is 0.905. The summed E-state index contributed by atoms with van der Waals surface area (Å²) in [4.78, 5) is 22.9. The highest BCUT2D eigenvalue weighted by atomic mass is 19.4. The first-order chi connectivity index (χ1) is 16.3. The molecule has 0 fully saturated rings. The predicted molar refractivity (Wildman–Crippen MR) is 107 cm³/mol. The minimum absolute atomic E-state index is 0.0638. The van der Waals surface area contributed by atoms with Gasteiger partial charge in [0, 0.05) is 0 Å². The molecule has 1 N–H and O–H groups in total. The van der Waals surface area contributed by atoms with Crippen molar-refractivity contribution in [2.24, 2.45) is 10.8 Å². The lowest BCUT2D eigenvalue weighted by Crippen LogP contribution is -2.70. The van der Waals surface area contributed by atoms with Gasteiger partial charge < -0.3 is 14.6 Å². The summed E-state index contributed by atoms with van der Waals surface area (Å²) >= 11 is 0. The van der Waals surface area contributed by atoms with Crippen LogP contribution in [0, 0.1) is 10.8 Å². The van der Waals surface area contributed by atoms with Crippen LogP contribution in [-0.2, 0) is 19.1 Å². The van der Waals surface area contributed by atoms with Gasteiger partial charge in [-0.15, -0.1) is 0 Å². The predicted octanol–water partition coefficient (Wildman–Crippen LogP) is 7.06. The Morgan fingerprint density at radius 2 is 0.921 bits per heavy atom. The minimum atomic E-state index is -6.06. The van der Waals surface area contributed by atoms with Gasteiger partial charge in [0.2, 0.25) is 0 Å². The Morgan fingerprint density at radius 1 is 0.632 bits per heavy atom. The first-order valence-electron chi connectivity index (χ1n) is 10.7. The lowest BCUT2D eigenvalue weighted by Gasteiger charge is -2.44. The molecule has 17 heteroatoms. The van der Waals surface area contributed by atoms with Gasteiger partial charge in [-0.1, -0.05) is 13.8 Å². The molecule has 0 aromatic carbocycles. The fourth-order valence-corrected chi connectivity index (χ4v) is 2.16. The van der Waals surface area contributed by atoms with Crippen molar-refractivity contribution in [3.8, 4) is 0 Å². The van der Waals surface area contributed by atoms with E-state index in [0.717, 1.165) is 0 Å². The van der Waals surface area contributed by atoms with Crippen LogP contribution in [0.1, 0.15) is 68.2 Å². The van der Waals surface area contributed by atoms with Gasteiger partial charge in [-0.25, -0.2) is 0 Å². The molecule has 0 aliphatic rings. The average Bonchev–Trinajstić information content (AvgIpc) is 2.67. The largest absolute Gasteiger partial charge is 0.455 e. The van der Waals surface area contributed by atoms with Crippen LogP contribution in [-0.4, -0.2) is 59.1 Å². The van der Waals surface area contributed by atoms with Gasteiger partial charge >= 0.3 is 36.6 Å². The van der Waals surface area contributed by atoms with Crippen LogP contribution in [0.2, 0.25) is 0 Å². The second kappa shape index (κ2) is 11.7. The maximum atomic E-state index is 12.8. The highest BCUT2D eigenvalue weighted by Crippen LogP contribution is 2.51. The van der Waals surface area contributed by atoms with Crippen molar-refractivity contribution in [2.75, 3.05) is 0 Å². The van der Waals surface area contributed by atoms with Crippen molar-refractivity contribution in [3.05, 3.63) is 0 Å². The van der Waals surface area contributed by atoms with Crippen LogP contribution in [0.25, 0.3) is 0 Å². The van der Waals surface area contributed by atoms with Crippen molar-refractivity contribution >= 4 is 11.9 Å². The zero-order valence-electron chi connectivity index (χ0n) is 21.6. The quantitative estimate of drug-likeness (QED) is 0.254. The zero-order chi connectivity index (χ0) is 31.6. The summed E-state index contributed by atoms with van der Waals surface area (Å²) in [6.45, 7) is 8.76. The van der Waals surface area contributed by atoms with E-state index in [0.29, 0.717) is 13.8 Å². The van der Waals surface area contributed by atoms with Crippen molar-refractivity contribution < 1.29 is 76.9 Å². The van der Waals surface area contributed by atoms with E-state index in [1.54, 1.807) is 0 Å². The molecule has 0 amide bonds. The summed E-state index contributed by atoms with van der Waals surface area (Å²) in [5, 5.41) is 9.27. The van der Waals surface area contributed by atoms with E-state index in [4.69, 9.17) is 0 Å². The van der Waals surface area contributed by atoms with E-state index in [9.17, 15) is 67.4 Å². The monoisotopic (exact) mass is 590 g/mol. The number of carbonyl (C=O) groups excluding carboxylic acids is 2. The first kappa shape index (κ1) is 38.2. The molecule has 38 heavy (non-hydrogen) atoms. The maximum Gasteiger partial charge on any atom is 0.434 e. The molecule has 0 radical (unpaired) electrons. The second-order valence-electron chi connectivity index (χ2n) is 9.95. The molecule has 0 spiro atoms.